The second-order valence-electron chi connectivity index (χ2n) is 6.00. The van der Waals surface area contributed by atoms with E-state index < -0.39 is 15.8 Å². The van der Waals surface area contributed by atoms with Gasteiger partial charge in [-0.15, -0.1) is 0 Å². The van der Waals surface area contributed by atoms with Crippen molar-refractivity contribution in [3.8, 4) is 0 Å². The molecule has 0 N–H and O–H groups in total. The summed E-state index contributed by atoms with van der Waals surface area (Å²) < 4.78 is 23.3. The van der Waals surface area contributed by atoms with E-state index >= 15 is 0 Å². The molecule has 22 heavy (non-hydrogen) atoms. The summed E-state index contributed by atoms with van der Waals surface area (Å²) in [6.07, 6.45) is 1.26. The molecule has 120 valence electrons. The highest BCUT2D eigenvalue weighted by Gasteiger charge is 2.37. The molecule has 1 atom stereocenters. The molecule has 0 bridgehead atoms. The van der Waals surface area contributed by atoms with Gasteiger partial charge in [0, 0.05) is 25.2 Å². The molecule has 1 aromatic carbocycles. The fourth-order valence-electron chi connectivity index (χ4n) is 3.18. The first kappa shape index (κ1) is 15.6. The second kappa shape index (κ2) is 5.74. The van der Waals surface area contributed by atoms with Crippen molar-refractivity contribution >= 4 is 38.7 Å². The van der Waals surface area contributed by atoms with Gasteiger partial charge < -0.3 is 9.80 Å². The molecule has 0 spiro atoms. The molecule has 5 nitrogen and oxygen atoms in total. The molecule has 0 aliphatic carbocycles. The van der Waals surface area contributed by atoms with Gasteiger partial charge in [-0.25, -0.2) is 8.42 Å². The molecule has 2 heterocycles. The first-order chi connectivity index (χ1) is 10.4. The van der Waals surface area contributed by atoms with Crippen LogP contribution in [0.4, 0.5) is 11.4 Å². The average molecular weight is 343 g/mol. The fraction of sp³-hybridized carbons (Fsp3) is 0.533. The lowest BCUT2D eigenvalue weighted by molar-refractivity contribution is -0.121. The number of sulfone groups is 1. The lowest BCUT2D eigenvalue weighted by Crippen LogP contribution is -2.37. The smallest absolute Gasteiger partial charge is 0.231 e. The minimum absolute atomic E-state index is 0.0337. The molecule has 1 amide bonds. The van der Waals surface area contributed by atoms with Crippen molar-refractivity contribution in [2.45, 2.75) is 12.8 Å². The third-order valence-electron chi connectivity index (χ3n) is 4.36. The molecular weight excluding hydrogens is 324 g/mol. The predicted molar refractivity (Wildman–Crippen MR) is 88.5 cm³/mol. The number of benzene rings is 1. The van der Waals surface area contributed by atoms with E-state index in [1.165, 1.54) is 0 Å². The van der Waals surface area contributed by atoms with E-state index in [2.05, 4.69) is 4.90 Å². The van der Waals surface area contributed by atoms with Crippen molar-refractivity contribution < 1.29 is 13.2 Å². The van der Waals surface area contributed by atoms with Crippen LogP contribution in [-0.4, -0.2) is 46.0 Å². The molecule has 1 fully saturated rings. The largest absolute Gasteiger partial charge is 0.373 e. The van der Waals surface area contributed by atoms with E-state index in [-0.39, 0.29) is 17.4 Å². The van der Waals surface area contributed by atoms with Crippen LogP contribution < -0.4 is 9.80 Å². The molecule has 1 aromatic rings. The van der Waals surface area contributed by atoms with Crippen LogP contribution >= 0.6 is 11.6 Å². The molecule has 7 heteroatoms. The van der Waals surface area contributed by atoms with Gasteiger partial charge in [-0.1, -0.05) is 11.6 Å². The number of carbonyl (C=O) groups excluding carboxylic acids is 1. The van der Waals surface area contributed by atoms with Crippen LogP contribution in [0.1, 0.15) is 12.8 Å². The Balaban J connectivity index is 1.95. The third-order valence-corrected chi connectivity index (χ3v) is 6.37. The molecule has 1 unspecified atom stereocenters. The summed E-state index contributed by atoms with van der Waals surface area (Å²) in [5, 5.41) is 0.575. The first-order valence-corrected chi connectivity index (χ1v) is 9.60. The van der Waals surface area contributed by atoms with E-state index in [1.54, 1.807) is 11.0 Å². The normalized spacial score (nSPS) is 24.0. The first-order valence-electron chi connectivity index (χ1n) is 7.40. The zero-order valence-electron chi connectivity index (χ0n) is 12.5. The van der Waals surface area contributed by atoms with E-state index in [1.807, 2.05) is 19.2 Å². The van der Waals surface area contributed by atoms with Crippen molar-refractivity contribution in [2.75, 3.05) is 41.4 Å². The summed E-state index contributed by atoms with van der Waals surface area (Å²) in [5.41, 5.74) is 1.73. The number of halogens is 1. The molecule has 2 aliphatic heterocycles. The summed E-state index contributed by atoms with van der Waals surface area (Å²) in [4.78, 5) is 16.6. The van der Waals surface area contributed by atoms with Gasteiger partial charge in [0.1, 0.15) is 0 Å². The number of rotatable bonds is 1. The van der Waals surface area contributed by atoms with Gasteiger partial charge in [0.15, 0.2) is 9.84 Å². The summed E-state index contributed by atoms with van der Waals surface area (Å²) in [6.45, 7) is 1.44. The Kier molecular flexibility index (Phi) is 4.07. The average Bonchev–Trinajstić information content (AvgIpc) is 2.74. The van der Waals surface area contributed by atoms with Gasteiger partial charge in [-0.3, -0.25) is 4.79 Å². The van der Waals surface area contributed by atoms with E-state index in [4.69, 9.17) is 11.6 Å². The highest BCUT2D eigenvalue weighted by Crippen LogP contribution is 2.35. The predicted octanol–water partition coefficient (Wildman–Crippen LogP) is 1.95. The highest BCUT2D eigenvalue weighted by atomic mass is 35.5. The number of carbonyl (C=O) groups is 1. The number of amides is 1. The van der Waals surface area contributed by atoms with Crippen LogP contribution in [0.2, 0.25) is 5.02 Å². The molecular formula is C15H19ClN2O3S. The zero-order chi connectivity index (χ0) is 15.9. The van der Waals surface area contributed by atoms with Crippen LogP contribution in [0.15, 0.2) is 18.2 Å². The number of nitrogens with zero attached hydrogens (tertiary/aromatic N) is 2. The molecule has 1 saturated heterocycles. The van der Waals surface area contributed by atoms with Crippen molar-refractivity contribution in [1.29, 1.82) is 0 Å². The SMILES string of the molecule is CN1CCCN(C(=O)C2CCS(=O)(=O)C2)c2cc(Cl)ccc21. The van der Waals surface area contributed by atoms with Crippen LogP contribution in [0.3, 0.4) is 0 Å². The van der Waals surface area contributed by atoms with Gasteiger partial charge in [0.25, 0.3) is 0 Å². The quantitative estimate of drug-likeness (QED) is 0.782. The summed E-state index contributed by atoms with van der Waals surface area (Å²) >= 11 is 6.10. The molecule has 0 aromatic heterocycles. The van der Waals surface area contributed by atoms with Crippen molar-refractivity contribution in [3.63, 3.8) is 0 Å². The third kappa shape index (κ3) is 2.94. The second-order valence-corrected chi connectivity index (χ2v) is 8.66. The summed E-state index contributed by atoms with van der Waals surface area (Å²) in [6, 6.07) is 5.51. The molecule has 0 radical (unpaired) electrons. The van der Waals surface area contributed by atoms with Gasteiger partial charge in [-0.2, -0.15) is 0 Å². The molecule has 0 saturated carbocycles. The Morgan fingerprint density at radius 3 is 2.73 bits per heavy atom. The summed E-state index contributed by atoms with van der Waals surface area (Å²) in [5.74, 6) is -0.451. The Labute approximate surface area is 135 Å². The van der Waals surface area contributed by atoms with Crippen LogP contribution in [0, 0.1) is 5.92 Å². The van der Waals surface area contributed by atoms with Crippen molar-refractivity contribution in [1.82, 2.24) is 0 Å². The monoisotopic (exact) mass is 342 g/mol. The van der Waals surface area contributed by atoms with Crippen LogP contribution in [0.25, 0.3) is 0 Å². The van der Waals surface area contributed by atoms with Crippen LogP contribution in [-0.2, 0) is 14.6 Å². The number of hydrogen-bond donors (Lipinski definition) is 0. The van der Waals surface area contributed by atoms with Crippen LogP contribution in [0.5, 0.6) is 0 Å². The van der Waals surface area contributed by atoms with E-state index in [0.29, 0.717) is 18.0 Å². The Hall–Kier alpha value is -1.27. The number of hydrogen-bond acceptors (Lipinski definition) is 4. The Morgan fingerprint density at radius 2 is 2.05 bits per heavy atom. The van der Waals surface area contributed by atoms with E-state index in [9.17, 15) is 13.2 Å². The maximum absolute atomic E-state index is 12.8. The lowest BCUT2D eigenvalue weighted by Gasteiger charge is -2.26. The fourth-order valence-corrected chi connectivity index (χ4v) is 5.08. The molecule has 2 aliphatic rings. The Morgan fingerprint density at radius 1 is 1.27 bits per heavy atom. The van der Waals surface area contributed by atoms with Gasteiger partial charge in [0.05, 0.1) is 28.8 Å². The van der Waals surface area contributed by atoms with Crippen molar-refractivity contribution in [2.24, 2.45) is 5.92 Å². The van der Waals surface area contributed by atoms with Gasteiger partial charge in [0.2, 0.25) is 5.91 Å². The minimum atomic E-state index is -3.07. The number of fused-ring (bicyclic) bond motifs is 1. The topological polar surface area (TPSA) is 57.7 Å². The Bertz CT molecular complexity index is 705. The van der Waals surface area contributed by atoms with Crippen molar-refractivity contribution in [3.05, 3.63) is 23.2 Å². The molecule has 3 rings (SSSR count). The maximum Gasteiger partial charge on any atom is 0.231 e. The highest BCUT2D eigenvalue weighted by molar-refractivity contribution is 7.91. The minimum Gasteiger partial charge on any atom is -0.373 e. The maximum atomic E-state index is 12.8. The lowest BCUT2D eigenvalue weighted by atomic mass is 10.1. The van der Waals surface area contributed by atoms with Gasteiger partial charge in [-0.05, 0) is 31.0 Å². The zero-order valence-corrected chi connectivity index (χ0v) is 14.0. The summed E-state index contributed by atoms with van der Waals surface area (Å²) in [7, 11) is -1.08. The van der Waals surface area contributed by atoms with Gasteiger partial charge >= 0.3 is 0 Å². The standard InChI is InChI=1S/C15H19ClN2O3S/c1-17-6-2-7-18(14-9-12(16)3-4-13(14)17)15(19)11-5-8-22(20,21)10-11/h3-4,9,11H,2,5-8,10H2,1H3. The van der Waals surface area contributed by atoms with E-state index in [0.717, 1.165) is 24.3 Å². The number of anilines is 2.